The SMILES string of the molecule is CCN(Cc1ccc(OCCN2CCC2)c(F)c1)c1cc(OC)ccc1[C@@H]1CCc2cc(O)ccc2C1. The molecule has 1 atom stereocenters. The molecule has 196 valence electrons. The molecule has 1 fully saturated rings. The number of likely N-dealkylation sites (tertiary alicyclic amines) is 1. The average molecular weight is 505 g/mol. The molecule has 0 amide bonds. The largest absolute Gasteiger partial charge is 0.508 e. The van der Waals surface area contributed by atoms with Crippen molar-refractivity contribution in [1.82, 2.24) is 4.90 Å². The first-order valence-corrected chi connectivity index (χ1v) is 13.4. The van der Waals surface area contributed by atoms with Gasteiger partial charge in [0.2, 0.25) is 0 Å². The van der Waals surface area contributed by atoms with Crippen LogP contribution in [-0.4, -0.2) is 49.9 Å². The molecule has 0 unspecified atom stereocenters. The highest BCUT2D eigenvalue weighted by molar-refractivity contribution is 5.60. The van der Waals surface area contributed by atoms with Crippen LogP contribution in [0.1, 0.15) is 47.9 Å². The van der Waals surface area contributed by atoms with Gasteiger partial charge in [0.1, 0.15) is 18.1 Å². The molecule has 1 saturated heterocycles. The Morgan fingerprint density at radius 2 is 1.92 bits per heavy atom. The Labute approximate surface area is 219 Å². The molecule has 0 bridgehead atoms. The zero-order valence-electron chi connectivity index (χ0n) is 21.9. The number of nitrogens with zero attached hydrogens (tertiary/aromatic N) is 2. The van der Waals surface area contributed by atoms with Crippen molar-refractivity contribution in [1.29, 1.82) is 0 Å². The minimum Gasteiger partial charge on any atom is -0.508 e. The molecule has 1 aliphatic heterocycles. The van der Waals surface area contributed by atoms with Gasteiger partial charge in [0.15, 0.2) is 11.6 Å². The number of phenolic OH excluding ortho intramolecular Hbond substituents is 1. The molecule has 1 heterocycles. The van der Waals surface area contributed by atoms with Crippen LogP contribution in [-0.2, 0) is 19.4 Å². The zero-order valence-corrected chi connectivity index (χ0v) is 21.9. The predicted molar refractivity (Wildman–Crippen MR) is 146 cm³/mol. The molecule has 2 aliphatic rings. The lowest BCUT2D eigenvalue weighted by atomic mass is 9.79. The number of aryl methyl sites for hydroxylation is 1. The molecular formula is C31H37FN2O3. The molecule has 1 N–H and O–H groups in total. The number of methoxy groups -OCH3 is 1. The average Bonchev–Trinajstić information content (AvgIpc) is 2.89. The number of anilines is 1. The van der Waals surface area contributed by atoms with E-state index in [2.05, 4.69) is 28.9 Å². The van der Waals surface area contributed by atoms with Gasteiger partial charge < -0.3 is 19.5 Å². The summed E-state index contributed by atoms with van der Waals surface area (Å²) in [5, 5.41) is 9.87. The van der Waals surface area contributed by atoms with Crippen LogP contribution in [0.15, 0.2) is 54.6 Å². The molecule has 1 aliphatic carbocycles. The highest BCUT2D eigenvalue weighted by atomic mass is 19.1. The first-order valence-electron chi connectivity index (χ1n) is 13.4. The van der Waals surface area contributed by atoms with Crippen molar-refractivity contribution in [3.63, 3.8) is 0 Å². The zero-order chi connectivity index (χ0) is 25.8. The molecular weight excluding hydrogens is 467 g/mol. The van der Waals surface area contributed by atoms with Gasteiger partial charge in [0.05, 0.1) is 7.11 Å². The molecule has 37 heavy (non-hydrogen) atoms. The number of halogens is 1. The number of hydrogen-bond donors (Lipinski definition) is 1. The van der Waals surface area contributed by atoms with Gasteiger partial charge in [-0.3, -0.25) is 4.90 Å². The maximum atomic E-state index is 14.9. The first kappa shape index (κ1) is 25.4. The van der Waals surface area contributed by atoms with Gasteiger partial charge in [0.25, 0.3) is 0 Å². The summed E-state index contributed by atoms with van der Waals surface area (Å²) in [6.07, 6.45) is 4.14. The second-order valence-corrected chi connectivity index (χ2v) is 10.1. The number of fused-ring (bicyclic) bond motifs is 1. The number of phenols is 1. The second kappa shape index (κ2) is 11.4. The van der Waals surface area contributed by atoms with Crippen molar-refractivity contribution in [3.05, 3.63) is 82.7 Å². The van der Waals surface area contributed by atoms with Gasteiger partial charge in [-0.25, -0.2) is 4.39 Å². The highest BCUT2D eigenvalue weighted by Crippen LogP contribution is 2.40. The van der Waals surface area contributed by atoms with Gasteiger partial charge in [-0.05, 0) is 104 Å². The number of ether oxygens (including phenoxy) is 2. The van der Waals surface area contributed by atoms with Crippen molar-refractivity contribution in [2.24, 2.45) is 0 Å². The van der Waals surface area contributed by atoms with E-state index in [0.29, 0.717) is 30.6 Å². The number of benzene rings is 3. The van der Waals surface area contributed by atoms with Crippen molar-refractivity contribution >= 4 is 5.69 Å². The van der Waals surface area contributed by atoms with Gasteiger partial charge in [-0.2, -0.15) is 0 Å². The lowest BCUT2D eigenvalue weighted by Gasteiger charge is -2.32. The highest BCUT2D eigenvalue weighted by Gasteiger charge is 2.25. The minimum absolute atomic E-state index is 0.310. The summed E-state index contributed by atoms with van der Waals surface area (Å²) in [5.41, 5.74) is 5.86. The Kier molecular flexibility index (Phi) is 7.85. The summed E-state index contributed by atoms with van der Waals surface area (Å²) in [6, 6.07) is 17.4. The quantitative estimate of drug-likeness (QED) is 0.371. The maximum Gasteiger partial charge on any atom is 0.165 e. The molecule has 0 spiro atoms. The summed E-state index contributed by atoms with van der Waals surface area (Å²) in [6.45, 7) is 7.09. The van der Waals surface area contributed by atoms with Crippen LogP contribution >= 0.6 is 0 Å². The van der Waals surface area contributed by atoms with Crippen LogP contribution < -0.4 is 14.4 Å². The molecule has 5 nitrogen and oxygen atoms in total. The molecule has 3 aromatic rings. The molecule has 6 heteroatoms. The van der Waals surface area contributed by atoms with Crippen molar-refractivity contribution in [2.45, 2.75) is 45.1 Å². The summed E-state index contributed by atoms with van der Waals surface area (Å²) in [4.78, 5) is 4.61. The number of rotatable bonds is 10. The van der Waals surface area contributed by atoms with E-state index in [1.54, 1.807) is 25.3 Å². The molecule has 0 saturated carbocycles. The standard InChI is InChI=1S/C31H37FN2O3/c1-3-34(21-22-5-12-31(29(32)17-22)37-16-15-33-13-4-14-33)30-20-27(36-2)10-11-28(30)25-7-6-24-19-26(35)9-8-23(24)18-25/h5,8-12,17,19-20,25,35H,3-4,6-7,13-16,18,21H2,1-2H3/t25-/m1/s1. The third kappa shape index (κ3) is 5.85. The number of aromatic hydroxyl groups is 1. The Balaban J connectivity index is 1.34. The lowest BCUT2D eigenvalue weighted by molar-refractivity contribution is 0.145. The van der Waals surface area contributed by atoms with Crippen molar-refractivity contribution in [2.75, 3.05) is 44.8 Å². The third-order valence-electron chi connectivity index (χ3n) is 7.80. The lowest BCUT2D eigenvalue weighted by Crippen LogP contribution is -2.39. The van der Waals surface area contributed by atoms with E-state index in [1.807, 2.05) is 24.3 Å². The first-order chi connectivity index (χ1) is 18.0. The van der Waals surface area contributed by atoms with Crippen molar-refractivity contribution in [3.8, 4) is 17.2 Å². The summed E-state index contributed by atoms with van der Waals surface area (Å²) in [7, 11) is 1.69. The minimum atomic E-state index is -0.310. The van der Waals surface area contributed by atoms with Gasteiger partial charge in [-0.15, -0.1) is 0 Å². The molecule has 0 aromatic heterocycles. The molecule has 5 rings (SSSR count). The predicted octanol–water partition coefficient (Wildman–Crippen LogP) is 5.92. The van der Waals surface area contributed by atoms with E-state index < -0.39 is 0 Å². The van der Waals surface area contributed by atoms with E-state index in [0.717, 1.165) is 62.4 Å². The fraction of sp³-hybridized carbons (Fsp3) is 0.419. The Morgan fingerprint density at radius 1 is 1.05 bits per heavy atom. The van der Waals surface area contributed by atoms with Crippen LogP contribution in [0.4, 0.5) is 10.1 Å². The fourth-order valence-corrected chi connectivity index (χ4v) is 5.51. The van der Waals surface area contributed by atoms with Gasteiger partial charge >= 0.3 is 0 Å². The Bertz CT molecular complexity index is 1230. The van der Waals surface area contributed by atoms with Gasteiger partial charge in [0, 0.05) is 31.4 Å². The monoisotopic (exact) mass is 504 g/mol. The van der Waals surface area contributed by atoms with Crippen molar-refractivity contribution < 1.29 is 19.0 Å². The smallest absolute Gasteiger partial charge is 0.165 e. The number of hydrogen-bond acceptors (Lipinski definition) is 5. The van der Waals surface area contributed by atoms with E-state index >= 15 is 0 Å². The van der Waals surface area contributed by atoms with Crippen LogP contribution in [0.5, 0.6) is 17.2 Å². The third-order valence-corrected chi connectivity index (χ3v) is 7.80. The van der Waals surface area contributed by atoms with E-state index in [9.17, 15) is 9.50 Å². The normalized spacial score (nSPS) is 17.1. The van der Waals surface area contributed by atoms with Crippen LogP contribution in [0.25, 0.3) is 0 Å². The summed E-state index contributed by atoms with van der Waals surface area (Å²) >= 11 is 0. The summed E-state index contributed by atoms with van der Waals surface area (Å²) < 4.78 is 26.2. The molecule has 0 radical (unpaired) electrons. The van der Waals surface area contributed by atoms with Gasteiger partial charge in [-0.1, -0.05) is 18.2 Å². The topological polar surface area (TPSA) is 45.2 Å². The Hall–Kier alpha value is -3.25. The van der Waals surface area contributed by atoms with E-state index in [1.165, 1.54) is 23.1 Å². The summed E-state index contributed by atoms with van der Waals surface area (Å²) in [5.74, 6) is 1.53. The maximum absolute atomic E-state index is 14.9. The van der Waals surface area contributed by atoms with E-state index in [-0.39, 0.29) is 5.82 Å². The van der Waals surface area contributed by atoms with Crippen LogP contribution in [0.2, 0.25) is 0 Å². The van der Waals surface area contributed by atoms with Crippen LogP contribution in [0, 0.1) is 5.82 Å². The van der Waals surface area contributed by atoms with Crippen LogP contribution in [0.3, 0.4) is 0 Å². The fourth-order valence-electron chi connectivity index (χ4n) is 5.51. The Morgan fingerprint density at radius 3 is 2.65 bits per heavy atom. The van der Waals surface area contributed by atoms with E-state index in [4.69, 9.17) is 9.47 Å². The second-order valence-electron chi connectivity index (χ2n) is 10.1. The molecule has 3 aromatic carbocycles.